The third-order valence-corrected chi connectivity index (χ3v) is 17.6. The molecule has 0 amide bonds. The van der Waals surface area contributed by atoms with Crippen LogP contribution in [-0.2, 0) is 12.4 Å². The molecule has 0 bridgehead atoms. The fraction of sp³-hybridized carbons (Fsp3) is 0.0513. The molecule has 3 heterocycles. The summed E-state index contributed by atoms with van der Waals surface area (Å²) >= 11 is 0. The largest absolute Gasteiger partial charge is 0.416 e. The summed E-state index contributed by atoms with van der Waals surface area (Å²) in [5, 5.41) is 9.83. The van der Waals surface area contributed by atoms with Crippen LogP contribution in [-0.4, -0.2) is 13.7 Å². The Bertz CT molecular complexity index is 5410. The molecular formula is C78H49F6N3. The van der Waals surface area contributed by atoms with E-state index in [1.54, 1.807) is 6.07 Å². The average molecular weight is 1140 g/mol. The van der Waals surface area contributed by atoms with Gasteiger partial charge in [0.25, 0.3) is 0 Å². The second kappa shape index (κ2) is 19.5. The molecule has 3 aromatic heterocycles. The van der Waals surface area contributed by atoms with Gasteiger partial charge in [0, 0.05) is 49.4 Å². The Balaban J connectivity index is 0.882. The molecule has 418 valence electrons. The van der Waals surface area contributed by atoms with Gasteiger partial charge < -0.3 is 13.7 Å². The Labute approximate surface area is 495 Å². The van der Waals surface area contributed by atoms with Crippen LogP contribution < -0.4 is 0 Å². The molecule has 0 saturated heterocycles. The van der Waals surface area contributed by atoms with Crippen molar-refractivity contribution in [1.82, 2.24) is 13.7 Å². The molecule has 0 spiro atoms. The summed E-state index contributed by atoms with van der Waals surface area (Å²) in [4.78, 5) is 0. The predicted octanol–water partition coefficient (Wildman–Crippen LogP) is 22.6. The summed E-state index contributed by atoms with van der Waals surface area (Å²) in [6.45, 7) is 4.05. The van der Waals surface area contributed by atoms with Gasteiger partial charge in [-0.3, -0.25) is 0 Å². The van der Waals surface area contributed by atoms with Crippen molar-refractivity contribution in [3.05, 3.63) is 283 Å². The second-order valence-corrected chi connectivity index (χ2v) is 22.8. The number of alkyl halides is 6. The third-order valence-electron chi connectivity index (χ3n) is 17.6. The Morgan fingerprint density at radius 3 is 0.920 bits per heavy atom. The zero-order chi connectivity index (χ0) is 59.0. The van der Waals surface area contributed by atoms with Gasteiger partial charge in [0.05, 0.1) is 44.2 Å². The smallest absolute Gasteiger partial charge is 0.309 e. The first-order valence-corrected chi connectivity index (χ1v) is 28.9. The third kappa shape index (κ3) is 8.43. The molecule has 0 aliphatic heterocycles. The lowest BCUT2D eigenvalue weighted by atomic mass is 9.86. The van der Waals surface area contributed by atoms with Gasteiger partial charge in [0.1, 0.15) is 0 Å². The van der Waals surface area contributed by atoms with Gasteiger partial charge >= 0.3 is 12.4 Å². The molecule has 0 N–H and O–H groups in total. The molecule has 0 aliphatic carbocycles. The van der Waals surface area contributed by atoms with Crippen molar-refractivity contribution in [3.8, 4) is 61.6 Å². The number of fused-ring (bicyclic) bond motifs is 11. The summed E-state index contributed by atoms with van der Waals surface area (Å²) in [5.74, 6) is 0. The molecule has 16 rings (SSSR count). The average Bonchev–Trinajstić information content (AvgIpc) is 1.81. The first kappa shape index (κ1) is 52.0. The van der Waals surface area contributed by atoms with Crippen molar-refractivity contribution in [2.24, 2.45) is 0 Å². The highest BCUT2D eigenvalue weighted by Crippen LogP contribution is 2.46. The minimum atomic E-state index is -4.53. The van der Waals surface area contributed by atoms with Crippen LogP contribution >= 0.6 is 0 Å². The Morgan fingerprint density at radius 1 is 0.230 bits per heavy atom. The number of halogens is 6. The molecule has 87 heavy (non-hydrogen) atoms. The van der Waals surface area contributed by atoms with Gasteiger partial charge in [-0.15, -0.1) is 0 Å². The van der Waals surface area contributed by atoms with Crippen LogP contribution in [0.25, 0.3) is 149 Å². The van der Waals surface area contributed by atoms with Crippen LogP contribution in [0.15, 0.2) is 261 Å². The van der Waals surface area contributed by atoms with E-state index in [-0.39, 0.29) is 0 Å². The minimum Gasteiger partial charge on any atom is -0.309 e. The predicted molar refractivity (Wildman–Crippen MR) is 346 cm³/mol. The first-order valence-electron chi connectivity index (χ1n) is 28.9. The highest BCUT2D eigenvalue weighted by atomic mass is 19.4. The van der Waals surface area contributed by atoms with Gasteiger partial charge in [0.15, 0.2) is 0 Å². The van der Waals surface area contributed by atoms with E-state index in [4.69, 9.17) is 0 Å². The van der Waals surface area contributed by atoms with Crippen molar-refractivity contribution >= 4 is 87.0 Å². The van der Waals surface area contributed by atoms with E-state index in [0.717, 1.165) is 140 Å². The maximum absolute atomic E-state index is 14.5. The molecule has 0 fully saturated rings. The van der Waals surface area contributed by atoms with E-state index in [9.17, 15) is 26.3 Å². The lowest BCUT2D eigenvalue weighted by Crippen LogP contribution is -2.05. The molecule has 0 unspecified atom stereocenters. The lowest BCUT2D eigenvalue weighted by molar-refractivity contribution is -0.138. The summed E-state index contributed by atoms with van der Waals surface area (Å²) in [5.41, 5.74) is 16.7. The monoisotopic (exact) mass is 1140 g/mol. The normalized spacial score (nSPS) is 12.4. The maximum atomic E-state index is 14.5. The number of hydrogen-bond acceptors (Lipinski definition) is 0. The quantitative estimate of drug-likeness (QED) is 0.112. The van der Waals surface area contributed by atoms with Crippen molar-refractivity contribution in [3.63, 3.8) is 0 Å². The van der Waals surface area contributed by atoms with Gasteiger partial charge in [-0.2, -0.15) is 26.3 Å². The molecule has 0 aliphatic rings. The fourth-order valence-electron chi connectivity index (χ4n) is 13.5. The van der Waals surface area contributed by atoms with E-state index in [1.165, 1.54) is 34.5 Å². The van der Waals surface area contributed by atoms with E-state index in [0.29, 0.717) is 22.0 Å². The first-order chi connectivity index (χ1) is 42.2. The van der Waals surface area contributed by atoms with Crippen molar-refractivity contribution < 1.29 is 26.3 Å². The van der Waals surface area contributed by atoms with E-state index >= 15 is 0 Å². The van der Waals surface area contributed by atoms with Gasteiger partial charge in [-0.05, 0) is 207 Å². The molecule has 0 atom stereocenters. The summed E-state index contributed by atoms with van der Waals surface area (Å²) < 4.78 is 91.0. The number of rotatable bonds is 7. The zero-order valence-electron chi connectivity index (χ0n) is 46.9. The minimum absolute atomic E-state index is 0.510. The lowest BCUT2D eigenvalue weighted by Gasteiger charge is -2.18. The molecule has 0 radical (unpaired) electrons. The van der Waals surface area contributed by atoms with Gasteiger partial charge in [-0.25, -0.2) is 0 Å². The van der Waals surface area contributed by atoms with Crippen molar-refractivity contribution in [2.45, 2.75) is 26.2 Å². The van der Waals surface area contributed by atoms with Gasteiger partial charge in [0.2, 0.25) is 0 Å². The van der Waals surface area contributed by atoms with Crippen molar-refractivity contribution in [2.75, 3.05) is 0 Å². The van der Waals surface area contributed by atoms with Crippen molar-refractivity contribution in [1.29, 1.82) is 0 Å². The number of benzene rings is 13. The zero-order valence-corrected chi connectivity index (χ0v) is 46.9. The van der Waals surface area contributed by atoms with E-state index in [1.807, 2.05) is 77.6 Å². The highest BCUT2D eigenvalue weighted by molar-refractivity contribution is 6.22. The summed E-state index contributed by atoms with van der Waals surface area (Å²) in [7, 11) is 0. The molecule has 0 saturated carbocycles. The molecule has 16 aromatic rings. The van der Waals surface area contributed by atoms with Gasteiger partial charge in [-0.1, -0.05) is 145 Å². The Hall–Kier alpha value is -10.6. The number of aromatic nitrogens is 3. The Morgan fingerprint density at radius 2 is 0.517 bits per heavy atom. The SMILES string of the molecule is Cc1ccc(-n2c3ccc(-c4ccc5c(c4)c4cc(-c6ccc7c(c6)c6cc(C)ccc6n7-c6ccc(C(F)(F)F)cc6)ccc4n5-c4ccc(-c5c6ccccc6c(-c6ccccc6)c6ccccc56)cc4)cc3c3cc(C(F)(F)F)ccc32)cc1. The summed E-state index contributed by atoms with van der Waals surface area (Å²) in [6.07, 6.45) is -8.99. The van der Waals surface area contributed by atoms with Crippen LogP contribution in [0.3, 0.4) is 0 Å². The number of nitrogens with zero attached hydrogens (tertiary/aromatic N) is 3. The molecule has 3 nitrogen and oxygen atoms in total. The van der Waals surface area contributed by atoms with Crippen LogP contribution in [0.2, 0.25) is 0 Å². The molecule has 9 heteroatoms. The van der Waals surface area contributed by atoms with E-state index < -0.39 is 23.5 Å². The van der Waals surface area contributed by atoms with E-state index in [2.05, 4.69) is 168 Å². The highest BCUT2D eigenvalue weighted by Gasteiger charge is 2.32. The molecular weight excluding hydrogens is 1090 g/mol. The molecule has 13 aromatic carbocycles. The topological polar surface area (TPSA) is 14.8 Å². The summed E-state index contributed by atoms with van der Waals surface area (Å²) in [6, 6.07) is 85.6. The second-order valence-electron chi connectivity index (χ2n) is 22.8. The number of hydrogen-bond donors (Lipinski definition) is 0. The van der Waals surface area contributed by atoms with Crippen LogP contribution in [0.5, 0.6) is 0 Å². The van der Waals surface area contributed by atoms with Crippen LogP contribution in [0.4, 0.5) is 26.3 Å². The van der Waals surface area contributed by atoms with Crippen LogP contribution in [0, 0.1) is 13.8 Å². The number of aryl methyl sites for hydroxylation is 2. The standard InChI is InChI=1S/C78H49F6N3/c1-46-16-28-56(29-17-46)85-73-38-24-53(44-67(73)68-45-55(78(82,83)84)27-39-74(68)85)52-23-37-72-66(43-52)65-42-51(50-21-35-70-64(41-50)63-40-47(2)18-34-69(63)87(70)58-32-25-54(26-33-58)77(79,80)81)22-36-71(65)86(72)57-30-19-49(20-31-57)76-61-14-8-6-12-59(61)75(48-10-4-3-5-11-48)60-13-7-9-15-62(60)76/h3-45H,1-2H3. The fourth-order valence-corrected chi connectivity index (χ4v) is 13.5. The maximum Gasteiger partial charge on any atom is 0.416 e. The Kier molecular flexibility index (Phi) is 11.6. The van der Waals surface area contributed by atoms with Crippen LogP contribution in [0.1, 0.15) is 22.3 Å².